The molecule has 0 aromatic heterocycles. The minimum atomic E-state index is 0.0785. The van der Waals surface area contributed by atoms with Gasteiger partial charge in [0.15, 0.2) is 0 Å². The molecule has 0 amide bonds. The first kappa shape index (κ1) is 13.0. The summed E-state index contributed by atoms with van der Waals surface area (Å²) in [6, 6.07) is 0. The maximum atomic E-state index is 11.7. The molecule has 116 valence electrons. The van der Waals surface area contributed by atoms with Crippen molar-refractivity contribution in [1.29, 1.82) is 0 Å². The van der Waals surface area contributed by atoms with Gasteiger partial charge in [-0.2, -0.15) is 0 Å². The largest absolute Gasteiger partial charge is 0.465 e. The van der Waals surface area contributed by atoms with Crippen LogP contribution in [0.3, 0.4) is 0 Å². The van der Waals surface area contributed by atoms with Crippen molar-refractivity contribution in [2.75, 3.05) is 6.61 Å². The molecule has 21 heavy (non-hydrogen) atoms. The predicted octanol–water partition coefficient (Wildman–Crippen LogP) is 3.89. The second-order valence-electron chi connectivity index (χ2n) is 10.0. The van der Waals surface area contributed by atoms with Crippen molar-refractivity contribution in [3.8, 4) is 0 Å². The molecule has 4 bridgehead atoms. The van der Waals surface area contributed by atoms with E-state index in [2.05, 4.69) is 20.8 Å². The van der Waals surface area contributed by atoms with Crippen molar-refractivity contribution < 1.29 is 9.53 Å². The van der Waals surface area contributed by atoms with Crippen LogP contribution in [0, 0.1) is 52.3 Å². The fourth-order valence-corrected chi connectivity index (χ4v) is 7.88. The van der Waals surface area contributed by atoms with Crippen molar-refractivity contribution in [1.82, 2.24) is 0 Å². The van der Waals surface area contributed by atoms with Gasteiger partial charge in [0.25, 0.3) is 0 Å². The summed E-state index contributed by atoms with van der Waals surface area (Å²) >= 11 is 0. The zero-order valence-electron chi connectivity index (χ0n) is 13.6. The summed E-state index contributed by atoms with van der Waals surface area (Å²) in [4.78, 5) is 11.7. The lowest BCUT2D eigenvalue weighted by molar-refractivity contribution is -0.137. The molecule has 4 aliphatic carbocycles. The van der Waals surface area contributed by atoms with E-state index in [0.29, 0.717) is 5.41 Å². The summed E-state index contributed by atoms with van der Waals surface area (Å²) in [6.07, 6.45) is 6.40. The Morgan fingerprint density at radius 3 is 2.57 bits per heavy atom. The molecule has 1 saturated heterocycles. The summed E-state index contributed by atoms with van der Waals surface area (Å²) < 4.78 is 5.41. The molecule has 0 aromatic rings. The fourth-order valence-electron chi connectivity index (χ4n) is 7.88. The van der Waals surface area contributed by atoms with Crippen molar-refractivity contribution >= 4 is 5.97 Å². The number of carbonyl (C=O) groups is 1. The van der Waals surface area contributed by atoms with E-state index in [1.165, 1.54) is 25.7 Å². The minimum absolute atomic E-state index is 0.0785. The van der Waals surface area contributed by atoms with Crippen LogP contribution in [0.1, 0.15) is 52.9 Å². The molecule has 0 aromatic carbocycles. The Labute approximate surface area is 128 Å². The van der Waals surface area contributed by atoms with Crippen LogP contribution in [0.25, 0.3) is 0 Å². The molecule has 5 aliphatic rings. The highest BCUT2D eigenvalue weighted by atomic mass is 16.5. The fraction of sp³-hybridized carbons (Fsp3) is 0.947. The maximum absolute atomic E-state index is 11.7. The van der Waals surface area contributed by atoms with E-state index >= 15 is 0 Å². The predicted molar refractivity (Wildman–Crippen MR) is 80.4 cm³/mol. The van der Waals surface area contributed by atoms with Gasteiger partial charge in [-0.15, -0.1) is 0 Å². The van der Waals surface area contributed by atoms with E-state index in [1.807, 2.05) is 0 Å². The third-order valence-corrected chi connectivity index (χ3v) is 8.28. The summed E-state index contributed by atoms with van der Waals surface area (Å²) in [7, 11) is 0. The van der Waals surface area contributed by atoms with Gasteiger partial charge in [-0.3, -0.25) is 4.79 Å². The summed E-state index contributed by atoms with van der Waals surface area (Å²) in [5.41, 5.74) is 0.751. The van der Waals surface area contributed by atoms with Gasteiger partial charge in [0.1, 0.15) is 0 Å². The van der Waals surface area contributed by atoms with Gasteiger partial charge in [0, 0.05) is 5.41 Å². The molecule has 2 heteroatoms. The maximum Gasteiger partial charge on any atom is 0.306 e. The highest BCUT2D eigenvalue weighted by Crippen LogP contribution is 2.75. The molecule has 0 radical (unpaired) electrons. The topological polar surface area (TPSA) is 26.3 Å². The average Bonchev–Trinajstić information content (AvgIpc) is 3.13. The summed E-state index contributed by atoms with van der Waals surface area (Å²) in [6.45, 7) is 8.10. The van der Waals surface area contributed by atoms with Crippen LogP contribution in [-0.2, 0) is 9.53 Å². The minimum Gasteiger partial charge on any atom is -0.465 e. The number of ether oxygens (including phenoxy) is 1. The van der Waals surface area contributed by atoms with Crippen molar-refractivity contribution in [2.45, 2.75) is 52.9 Å². The van der Waals surface area contributed by atoms with Crippen LogP contribution >= 0.6 is 0 Å². The lowest BCUT2D eigenvalue weighted by atomic mass is 9.56. The van der Waals surface area contributed by atoms with Gasteiger partial charge in [0.05, 0.1) is 13.0 Å². The highest BCUT2D eigenvalue weighted by Gasteiger charge is 2.70. The molecule has 1 heterocycles. The number of cyclic esters (lactones) is 1. The Balaban J connectivity index is 1.46. The Hall–Kier alpha value is -0.530. The first-order chi connectivity index (χ1) is 9.89. The Morgan fingerprint density at radius 2 is 1.90 bits per heavy atom. The third-order valence-electron chi connectivity index (χ3n) is 8.28. The Bertz CT molecular complexity index is 504. The molecule has 1 aliphatic heterocycles. The number of carbonyl (C=O) groups excluding carboxylic acids is 1. The van der Waals surface area contributed by atoms with E-state index in [9.17, 15) is 4.79 Å². The molecular weight excluding hydrogens is 260 g/mol. The third kappa shape index (κ3) is 1.48. The van der Waals surface area contributed by atoms with Crippen LogP contribution in [0.2, 0.25) is 0 Å². The number of fused-ring (bicyclic) bond motifs is 10. The average molecular weight is 288 g/mol. The smallest absolute Gasteiger partial charge is 0.306 e. The van der Waals surface area contributed by atoms with Gasteiger partial charge in [-0.25, -0.2) is 0 Å². The van der Waals surface area contributed by atoms with E-state index in [1.54, 1.807) is 0 Å². The Kier molecular flexibility index (Phi) is 2.27. The number of rotatable bonds is 0. The molecule has 5 rings (SSSR count). The van der Waals surface area contributed by atoms with Crippen LogP contribution in [0.5, 0.6) is 0 Å². The molecule has 0 N–H and O–H groups in total. The molecule has 1 spiro atoms. The van der Waals surface area contributed by atoms with Crippen LogP contribution in [0.4, 0.5) is 0 Å². The van der Waals surface area contributed by atoms with Crippen molar-refractivity contribution in [2.24, 2.45) is 52.3 Å². The molecule has 5 fully saturated rings. The second-order valence-corrected chi connectivity index (χ2v) is 10.0. The number of hydrogen-bond acceptors (Lipinski definition) is 2. The standard InChI is InChI=1S/C19H28O2/c1-18(2,3)13-5-10-4-12(13)16-11-6-14(17(10)16)19(7-11)8-15(20)21-9-19/h10-14,16-17H,4-9H2,1-3H3. The molecular formula is C19H28O2. The summed E-state index contributed by atoms with van der Waals surface area (Å²) in [5.74, 6) is 6.65. The summed E-state index contributed by atoms with van der Waals surface area (Å²) in [5, 5.41) is 0. The molecule has 4 saturated carbocycles. The quantitative estimate of drug-likeness (QED) is 0.499. The van der Waals surface area contributed by atoms with Crippen LogP contribution in [-0.4, -0.2) is 12.6 Å². The van der Waals surface area contributed by atoms with Gasteiger partial charge >= 0.3 is 5.97 Å². The van der Waals surface area contributed by atoms with E-state index in [0.717, 1.165) is 54.5 Å². The first-order valence-corrected chi connectivity index (χ1v) is 9.05. The van der Waals surface area contributed by atoms with Gasteiger partial charge in [0.2, 0.25) is 0 Å². The monoisotopic (exact) mass is 288 g/mol. The van der Waals surface area contributed by atoms with Crippen molar-refractivity contribution in [3.05, 3.63) is 0 Å². The van der Waals surface area contributed by atoms with E-state index < -0.39 is 0 Å². The van der Waals surface area contributed by atoms with Crippen molar-refractivity contribution in [3.63, 3.8) is 0 Å². The van der Waals surface area contributed by atoms with Gasteiger partial charge in [-0.05, 0) is 72.5 Å². The van der Waals surface area contributed by atoms with Gasteiger partial charge < -0.3 is 4.74 Å². The lowest BCUT2D eigenvalue weighted by Gasteiger charge is -2.47. The van der Waals surface area contributed by atoms with Crippen LogP contribution < -0.4 is 0 Å². The number of hydrogen-bond donors (Lipinski definition) is 0. The normalized spacial score (nSPS) is 57.3. The van der Waals surface area contributed by atoms with E-state index in [4.69, 9.17) is 4.74 Å². The Morgan fingerprint density at radius 1 is 1.10 bits per heavy atom. The molecule has 2 nitrogen and oxygen atoms in total. The second kappa shape index (κ2) is 3.68. The van der Waals surface area contributed by atoms with Gasteiger partial charge in [-0.1, -0.05) is 20.8 Å². The highest BCUT2D eigenvalue weighted by molar-refractivity contribution is 5.72. The van der Waals surface area contributed by atoms with E-state index in [-0.39, 0.29) is 11.4 Å². The number of esters is 1. The zero-order valence-corrected chi connectivity index (χ0v) is 13.6. The zero-order chi connectivity index (χ0) is 14.6. The molecule has 8 atom stereocenters. The van der Waals surface area contributed by atoms with Crippen LogP contribution in [0.15, 0.2) is 0 Å². The SMILES string of the molecule is CC(C)(C)C1CC2CC1C1C3CC(C21)C1(COC(=O)C1)C3. The molecule has 8 unspecified atom stereocenters. The first-order valence-electron chi connectivity index (χ1n) is 9.05. The lowest BCUT2D eigenvalue weighted by Crippen LogP contribution is -2.44.